The molecule has 2 aromatic carbocycles. The maximum absolute atomic E-state index is 12.6. The number of carbonyl (C=O) groups excluding carboxylic acids is 3. The predicted molar refractivity (Wildman–Crippen MR) is 153 cm³/mol. The Morgan fingerprint density at radius 2 is 1.87 bits per heavy atom. The fourth-order valence-corrected chi connectivity index (χ4v) is 3.93. The number of anilines is 3. The molecule has 206 valence electrons. The van der Waals surface area contributed by atoms with Crippen molar-refractivity contribution in [3.63, 3.8) is 0 Å². The fourth-order valence-electron chi connectivity index (χ4n) is 3.53. The largest absolute Gasteiger partial charge is 0.494 e. The summed E-state index contributed by atoms with van der Waals surface area (Å²) in [5.74, 6) is -0.212. The van der Waals surface area contributed by atoms with E-state index in [0.29, 0.717) is 54.4 Å². The third-order valence-electron chi connectivity index (χ3n) is 5.48. The highest BCUT2D eigenvalue weighted by molar-refractivity contribution is 9.10. The van der Waals surface area contributed by atoms with E-state index < -0.39 is 11.8 Å². The number of hydrogen-bond donors (Lipinski definition) is 3. The summed E-state index contributed by atoms with van der Waals surface area (Å²) in [5, 5.41) is 9.39. The lowest BCUT2D eigenvalue weighted by molar-refractivity contribution is -0.143. The predicted octanol–water partition coefficient (Wildman–Crippen LogP) is 3.64. The number of nitrogens with one attached hydrogen (secondary N) is 3. The van der Waals surface area contributed by atoms with E-state index in [1.807, 2.05) is 36.2 Å². The van der Waals surface area contributed by atoms with Crippen LogP contribution in [0, 0.1) is 0 Å². The summed E-state index contributed by atoms with van der Waals surface area (Å²) in [5.41, 5.74) is 1.85. The highest BCUT2D eigenvalue weighted by atomic mass is 79.9. The van der Waals surface area contributed by atoms with Crippen molar-refractivity contribution in [2.24, 2.45) is 0 Å². The Morgan fingerprint density at radius 1 is 1.08 bits per heavy atom. The van der Waals surface area contributed by atoms with E-state index in [2.05, 4.69) is 41.8 Å². The standard InChI is InChI=1S/C27H31BrN6O5/c1-4-39-26(37)10-12-34(2)13-11-29-24(35)8-9-25(36)33-22-15-20-21(16-23(22)38-3)30-17-31-27(20)32-19-7-5-6-18(28)14-19/h5-9,14-17H,4,10-13H2,1-3H3,(H,29,35)(H,33,36)(H,30,31,32)/b9-8+. The van der Waals surface area contributed by atoms with Crippen LogP contribution in [-0.2, 0) is 19.1 Å². The van der Waals surface area contributed by atoms with Crippen LogP contribution in [0.15, 0.2) is 59.4 Å². The zero-order valence-electron chi connectivity index (χ0n) is 22.0. The van der Waals surface area contributed by atoms with Gasteiger partial charge in [-0.2, -0.15) is 0 Å². The molecule has 0 saturated heterocycles. The number of aromatic nitrogens is 2. The SMILES string of the molecule is CCOC(=O)CCN(C)CCNC(=O)/C=C/C(=O)Nc1cc2c(Nc3cccc(Br)c3)ncnc2cc1OC. The van der Waals surface area contributed by atoms with Crippen LogP contribution in [0.2, 0.25) is 0 Å². The number of ether oxygens (including phenoxy) is 2. The molecule has 1 aromatic heterocycles. The van der Waals surface area contributed by atoms with Crippen LogP contribution in [0.3, 0.4) is 0 Å². The van der Waals surface area contributed by atoms with E-state index in [1.165, 1.54) is 13.4 Å². The first-order chi connectivity index (χ1) is 18.8. The van der Waals surface area contributed by atoms with Crippen molar-refractivity contribution in [2.75, 3.05) is 51.0 Å². The van der Waals surface area contributed by atoms with Gasteiger partial charge in [-0.1, -0.05) is 22.0 Å². The van der Waals surface area contributed by atoms with Crippen molar-refractivity contribution < 1.29 is 23.9 Å². The second-order valence-electron chi connectivity index (χ2n) is 8.40. The molecule has 39 heavy (non-hydrogen) atoms. The van der Waals surface area contributed by atoms with Gasteiger partial charge in [0.2, 0.25) is 11.8 Å². The lowest BCUT2D eigenvalue weighted by Gasteiger charge is -2.15. The highest BCUT2D eigenvalue weighted by Gasteiger charge is 2.13. The fraction of sp³-hybridized carbons (Fsp3) is 0.296. The molecule has 0 aliphatic rings. The Balaban J connectivity index is 1.60. The first kappa shape index (κ1) is 29.5. The molecule has 0 atom stereocenters. The van der Waals surface area contributed by atoms with Crippen LogP contribution in [0.5, 0.6) is 5.75 Å². The molecule has 0 bridgehead atoms. The number of benzene rings is 2. The van der Waals surface area contributed by atoms with E-state index in [0.717, 1.165) is 22.3 Å². The summed E-state index contributed by atoms with van der Waals surface area (Å²) in [6.07, 6.45) is 4.03. The molecule has 0 aliphatic heterocycles. The number of amides is 2. The minimum atomic E-state index is -0.507. The lowest BCUT2D eigenvalue weighted by Crippen LogP contribution is -2.33. The minimum Gasteiger partial charge on any atom is -0.494 e. The van der Waals surface area contributed by atoms with Crippen molar-refractivity contribution in [3.8, 4) is 5.75 Å². The average molecular weight is 599 g/mol. The molecule has 3 aromatic rings. The number of nitrogens with zero attached hydrogens (tertiary/aromatic N) is 3. The van der Waals surface area contributed by atoms with Gasteiger partial charge in [-0.05, 0) is 38.2 Å². The number of rotatable bonds is 13. The van der Waals surface area contributed by atoms with Crippen LogP contribution in [-0.4, -0.2) is 73.1 Å². The zero-order chi connectivity index (χ0) is 28.2. The van der Waals surface area contributed by atoms with E-state index in [9.17, 15) is 14.4 Å². The summed E-state index contributed by atoms with van der Waals surface area (Å²) in [6.45, 7) is 3.53. The summed E-state index contributed by atoms with van der Waals surface area (Å²) in [4.78, 5) is 46.7. The number of hydrogen-bond acceptors (Lipinski definition) is 9. The van der Waals surface area contributed by atoms with Gasteiger partial charge < -0.3 is 30.3 Å². The second kappa shape index (κ2) is 14.8. The number of esters is 1. The van der Waals surface area contributed by atoms with Crippen molar-refractivity contribution in [2.45, 2.75) is 13.3 Å². The Labute approximate surface area is 235 Å². The Kier molecular flexibility index (Phi) is 11.2. The van der Waals surface area contributed by atoms with Gasteiger partial charge in [0, 0.05) is 53.4 Å². The highest BCUT2D eigenvalue weighted by Crippen LogP contribution is 2.33. The molecule has 3 rings (SSSR count). The lowest BCUT2D eigenvalue weighted by atomic mass is 10.2. The molecule has 2 amide bonds. The molecule has 0 spiro atoms. The smallest absolute Gasteiger partial charge is 0.307 e. The summed E-state index contributed by atoms with van der Waals surface area (Å²) in [6, 6.07) is 11.1. The Hall–Kier alpha value is -4.03. The topological polar surface area (TPSA) is 135 Å². The molecule has 1 heterocycles. The molecule has 0 fully saturated rings. The molecule has 0 saturated carbocycles. The monoisotopic (exact) mass is 598 g/mol. The van der Waals surface area contributed by atoms with Crippen molar-refractivity contribution in [1.82, 2.24) is 20.2 Å². The normalized spacial score (nSPS) is 11.0. The van der Waals surface area contributed by atoms with Crippen molar-refractivity contribution in [3.05, 3.63) is 59.4 Å². The molecule has 3 N–H and O–H groups in total. The van der Waals surface area contributed by atoms with Gasteiger partial charge in [0.15, 0.2) is 0 Å². The minimum absolute atomic E-state index is 0.255. The molecular weight excluding hydrogens is 568 g/mol. The first-order valence-corrected chi connectivity index (χ1v) is 13.0. The van der Waals surface area contributed by atoms with E-state index in [-0.39, 0.29) is 12.4 Å². The second-order valence-corrected chi connectivity index (χ2v) is 9.31. The van der Waals surface area contributed by atoms with Gasteiger partial charge in [0.25, 0.3) is 0 Å². The third-order valence-corrected chi connectivity index (χ3v) is 5.98. The molecule has 11 nitrogen and oxygen atoms in total. The number of fused-ring (bicyclic) bond motifs is 1. The Morgan fingerprint density at radius 3 is 2.62 bits per heavy atom. The van der Waals surface area contributed by atoms with Crippen LogP contribution in [0.4, 0.5) is 17.2 Å². The number of carbonyl (C=O) groups is 3. The maximum atomic E-state index is 12.6. The summed E-state index contributed by atoms with van der Waals surface area (Å²) in [7, 11) is 3.34. The molecule has 12 heteroatoms. The molecular formula is C27H31BrN6O5. The number of likely N-dealkylation sites (N-methyl/N-ethyl adjacent to an activating group) is 1. The van der Waals surface area contributed by atoms with E-state index in [4.69, 9.17) is 9.47 Å². The quantitative estimate of drug-likeness (QED) is 0.199. The number of methoxy groups -OCH3 is 1. The molecule has 0 aliphatic carbocycles. The third kappa shape index (κ3) is 9.34. The van der Waals surface area contributed by atoms with E-state index >= 15 is 0 Å². The van der Waals surface area contributed by atoms with Crippen LogP contribution >= 0.6 is 15.9 Å². The van der Waals surface area contributed by atoms with Gasteiger partial charge in [-0.15, -0.1) is 0 Å². The molecule has 0 radical (unpaired) electrons. The van der Waals surface area contributed by atoms with Crippen molar-refractivity contribution in [1.29, 1.82) is 0 Å². The van der Waals surface area contributed by atoms with Crippen LogP contribution < -0.4 is 20.7 Å². The van der Waals surface area contributed by atoms with Crippen molar-refractivity contribution >= 4 is 61.8 Å². The van der Waals surface area contributed by atoms with Gasteiger partial charge in [-0.25, -0.2) is 9.97 Å². The Bertz CT molecular complexity index is 1350. The molecule has 0 unspecified atom stereocenters. The maximum Gasteiger partial charge on any atom is 0.307 e. The van der Waals surface area contributed by atoms with Gasteiger partial charge >= 0.3 is 5.97 Å². The van der Waals surface area contributed by atoms with Gasteiger partial charge in [-0.3, -0.25) is 14.4 Å². The zero-order valence-corrected chi connectivity index (χ0v) is 23.6. The first-order valence-electron chi connectivity index (χ1n) is 12.3. The van der Waals surface area contributed by atoms with Crippen LogP contribution in [0.25, 0.3) is 10.9 Å². The van der Waals surface area contributed by atoms with Crippen LogP contribution in [0.1, 0.15) is 13.3 Å². The summed E-state index contributed by atoms with van der Waals surface area (Å²) < 4.78 is 11.3. The van der Waals surface area contributed by atoms with Gasteiger partial charge in [0.05, 0.1) is 31.3 Å². The summed E-state index contributed by atoms with van der Waals surface area (Å²) >= 11 is 3.45. The number of halogens is 1. The van der Waals surface area contributed by atoms with Gasteiger partial charge in [0.1, 0.15) is 17.9 Å². The van der Waals surface area contributed by atoms with E-state index in [1.54, 1.807) is 19.1 Å². The average Bonchev–Trinajstić information content (AvgIpc) is 2.91.